The lowest BCUT2D eigenvalue weighted by Gasteiger charge is -2.08. The molecule has 0 saturated carbocycles. The first-order chi connectivity index (χ1) is 8.88. The van der Waals surface area contributed by atoms with E-state index in [1.807, 2.05) is 13.1 Å². The predicted octanol–water partition coefficient (Wildman–Crippen LogP) is 4.55. The smallest absolute Gasteiger partial charge is 0.0343 e. The average Bonchev–Trinajstić information content (AvgIpc) is 2.47. The Hall–Kier alpha value is -2.28. The van der Waals surface area contributed by atoms with Crippen molar-refractivity contribution in [3.63, 3.8) is 0 Å². The minimum Gasteiger partial charge on any atom is -0.388 e. The summed E-state index contributed by atoms with van der Waals surface area (Å²) in [5.74, 6) is 0. The largest absolute Gasteiger partial charge is 0.388 e. The zero-order chi connectivity index (χ0) is 12.4. The molecule has 0 saturated heterocycles. The van der Waals surface area contributed by atoms with Crippen LogP contribution in [0, 0.1) is 0 Å². The highest BCUT2D eigenvalue weighted by atomic mass is 14.8. The van der Waals surface area contributed by atoms with E-state index in [9.17, 15) is 0 Å². The lowest BCUT2D eigenvalue weighted by Crippen LogP contribution is -1.88. The van der Waals surface area contributed by atoms with E-state index in [0.717, 1.165) is 5.69 Å². The Bertz CT molecular complexity index is 672. The summed E-state index contributed by atoms with van der Waals surface area (Å²) in [6, 6.07) is 23.4. The van der Waals surface area contributed by atoms with Gasteiger partial charge in [0.05, 0.1) is 0 Å². The first-order valence-electron chi connectivity index (χ1n) is 6.14. The van der Waals surface area contributed by atoms with Crippen LogP contribution in [0.4, 0.5) is 5.69 Å². The lowest BCUT2D eigenvalue weighted by atomic mass is 9.98. The van der Waals surface area contributed by atoms with Crippen LogP contribution < -0.4 is 5.32 Å². The van der Waals surface area contributed by atoms with E-state index in [4.69, 9.17) is 0 Å². The van der Waals surface area contributed by atoms with E-state index in [1.54, 1.807) is 0 Å². The third kappa shape index (κ3) is 1.84. The van der Waals surface area contributed by atoms with E-state index in [0.29, 0.717) is 0 Å². The van der Waals surface area contributed by atoms with Crippen molar-refractivity contribution in [3.05, 3.63) is 66.7 Å². The van der Waals surface area contributed by atoms with Crippen LogP contribution in [-0.4, -0.2) is 7.05 Å². The molecule has 3 rings (SSSR count). The van der Waals surface area contributed by atoms with Crippen LogP contribution in [0.5, 0.6) is 0 Å². The summed E-state index contributed by atoms with van der Waals surface area (Å²) in [4.78, 5) is 0. The molecule has 18 heavy (non-hydrogen) atoms. The van der Waals surface area contributed by atoms with Crippen molar-refractivity contribution in [2.24, 2.45) is 0 Å². The highest BCUT2D eigenvalue weighted by Gasteiger charge is 2.03. The van der Waals surface area contributed by atoms with Gasteiger partial charge >= 0.3 is 0 Å². The zero-order valence-electron chi connectivity index (χ0n) is 10.4. The average molecular weight is 233 g/mol. The van der Waals surface area contributed by atoms with Gasteiger partial charge in [0, 0.05) is 12.7 Å². The minimum absolute atomic E-state index is 1.15. The molecule has 0 atom stereocenters. The SMILES string of the molecule is CNc1ccc2c(-c3ccccc3)cccc2c1. The van der Waals surface area contributed by atoms with Crippen LogP contribution in [0.3, 0.4) is 0 Å². The van der Waals surface area contributed by atoms with Gasteiger partial charge in [-0.2, -0.15) is 0 Å². The molecule has 0 fully saturated rings. The number of benzene rings is 3. The molecule has 3 aromatic carbocycles. The van der Waals surface area contributed by atoms with E-state index < -0.39 is 0 Å². The van der Waals surface area contributed by atoms with Gasteiger partial charge in [-0.25, -0.2) is 0 Å². The second kappa shape index (κ2) is 4.53. The van der Waals surface area contributed by atoms with Gasteiger partial charge in [0.25, 0.3) is 0 Å². The van der Waals surface area contributed by atoms with Crippen molar-refractivity contribution in [1.82, 2.24) is 0 Å². The molecule has 0 aliphatic rings. The molecule has 1 nitrogen and oxygen atoms in total. The van der Waals surface area contributed by atoms with E-state index in [2.05, 4.69) is 66.0 Å². The molecule has 0 heterocycles. The Balaban J connectivity index is 2.25. The van der Waals surface area contributed by atoms with Crippen LogP contribution in [0.25, 0.3) is 21.9 Å². The van der Waals surface area contributed by atoms with Crippen LogP contribution in [0.2, 0.25) is 0 Å². The minimum atomic E-state index is 1.15. The molecular formula is C17H15N. The molecule has 3 aromatic rings. The fourth-order valence-electron chi connectivity index (χ4n) is 2.31. The molecule has 0 spiro atoms. The fraction of sp³-hybridized carbons (Fsp3) is 0.0588. The van der Waals surface area contributed by atoms with Gasteiger partial charge < -0.3 is 5.32 Å². The monoisotopic (exact) mass is 233 g/mol. The first kappa shape index (κ1) is 10.8. The van der Waals surface area contributed by atoms with Crippen molar-refractivity contribution in [2.75, 3.05) is 12.4 Å². The molecule has 1 heteroatoms. The molecule has 1 N–H and O–H groups in total. The summed E-state index contributed by atoms with van der Waals surface area (Å²) < 4.78 is 0. The highest BCUT2D eigenvalue weighted by Crippen LogP contribution is 2.29. The molecular weight excluding hydrogens is 218 g/mol. The van der Waals surface area contributed by atoms with E-state index in [-0.39, 0.29) is 0 Å². The van der Waals surface area contributed by atoms with Gasteiger partial charge in [-0.1, -0.05) is 54.6 Å². The fourth-order valence-corrected chi connectivity index (χ4v) is 2.31. The number of fused-ring (bicyclic) bond motifs is 1. The quantitative estimate of drug-likeness (QED) is 0.684. The molecule has 0 aromatic heterocycles. The van der Waals surface area contributed by atoms with Gasteiger partial charge in [-0.15, -0.1) is 0 Å². The lowest BCUT2D eigenvalue weighted by molar-refractivity contribution is 1.53. The van der Waals surface area contributed by atoms with Crippen LogP contribution in [0.1, 0.15) is 0 Å². The third-order valence-electron chi connectivity index (χ3n) is 3.25. The van der Waals surface area contributed by atoms with E-state index >= 15 is 0 Å². The highest BCUT2D eigenvalue weighted by molar-refractivity contribution is 5.98. The molecule has 0 unspecified atom stereocenters. The summed E-state index contributed by atoms with van der Waals surface area (Å²) >= 11 is 0. The summed E-state index contributed by atoms with van der Waals surface area (Å²) in [5.41, 5.74) is 3.70. The second-order valence-electron chi connectivity index (χ2n) is 4.36. The predicted molar refractivity (Wildman–Crippen MR) is 78.9 cm³/mol. The Labute approximate surface area is 107 Å². The van der Waals surface area contributed by atoms with E-state index in [1.165, 1.54) is 21.9 Å². The standard InChI is InChI=1S/C17H15N/c1-18-15-10-11-17-14(12-15)8-5-9-16(17)13-6-3-2-4-7-13/h2-12,18H,1H3. The zero-order valence-corrected chi connectivity index (χ0v) is 10.4. The van der Waals surface area contributed by atoms with Crippen LogP contribution in [0.15, 0.2) is 66.7 Å². The maximum Gasteiger partial charge on any atom is 0.0343 e. The van der Waals surface area contributed by atoms with Crippen molar-refractivity contribution in [3.8, 4) is 11.1 Å². The number of hydrogen-bond acceptors (Lipinski definition) is 1. The maximum absolute atomic E-state index is 3.18. The van der Waals surface area contributed by atoms with Gasteiger partial charge in [-0.05, 0) is 34.0 Å². The normalized spacial score (nSPS) is 10.5. The van der Waals surface area contributed by atoms with Crippen molar-refractivity contribution >= 4 is 16.5 Å². The summed E-state index contributed by atoms with van der Waals surface area (Å²) in [5, 5.41) is 5.74. The number of hydrogen-bond donors (Lipinski definition) is 1. The van der Waals surface area contributed by atoms with Gasteiger partial charge in [-0.3, -0.25) is 0 Å². The van der Waals surface area contributed by atoms with Crippen LogP contribution >= 0.6 is 0 Å². The molecule has 0 aliphatic carbocycles. The molecule has 0 aliphatic heterocycles. The molecule has 0 radical (unpaired) electrons. The Morgan fingerprint density at radius 3 is 2.39 bits per heavy atom. The summed E-state index contributed by atoms with van der Waals surface area (Å²) in [6.45, 7) is 0. The Morgan fingerprint density at radius 2 is 1.61 bits per heavy atom. The maximum atomic E-state index is 3.18. The number of anilines is 1. The van der Waals surface area contributed by atoms with Crippen molar-refractivity contribution in [2.45, 2.75) is 0 Å². The Morgan fingerprint density at radius 1 is 0.778 bits per heavy atom. The van der Waals surface area contributed by atoms with Crippen molar-refractivity contribution in [1.29, 1.82) is 0 Å². The number of rotatable bonds is 2. The Kier molecular flexibility index (Phi) is 2.73. The van der Waals surface area contributed by atoms with Gasteiger partial charge in [0.2, 0.25) is 0 Å². The third-order valence-corrected chi connectivity index (χ3v) is 3.25. The molecule has 0 bridgehead atoms. The molecule has 88 valence electrons. The summed E-state index contributed by atoms with van der Waals surface area (Å²) in [6.07, 6.45) is 0. The number of nitrogens with one attached hydrogen (secondary N) is 1. The molecule has 0 amide bonds. The summed E-state index contributed by atoms with van der Waals surface area (Å²) in [7, 11) is 1.95. The second-order valence-corrected chi connectivity index (χ2v) is 4.36. The topological polar surface area (TPSA) is 12.0 Å². The van der Waals surface area contributed by atoms with Crippen LogP contribution in [-0.2, 0) is 0 Å². The van der Waals surface area contributed by atoms with Gasteiger partial charge in [0.1, 0.15) is 0 Å². The first-order valence-corrected chi connectivity index (χ1v) is 6.14. The van der Waals surface area contributed by atoms with Crippen molar-refractivity contribution < 1.29 is 0 Å². The van der Waals surface area contributed by atoms with Gasteiger partial charge in [0.15, 0.2) is 0 Å².